The Labute approximate surface area is 132 Å². The Bertz CT molecular complexity index is 500. The van der Waals surface area contributed by atoms with Crippen LogP contribution in [0, 0.1) is 0 Å². The van der Waals surface area contributed by atoms with Gasteiger partial charge in [0, 0.05) is 11.7 Å². The zero-order chi connectivity index (χ0) is 15.6. The van der Waals surface area contributed by atoms with E-state index in [1.165, 1.54) is 0 Å². The highest BCUT2D eigenvalue weighted by atomic mass is 32.2. The molecule has 0 spiro atoms. The molecule has 2 amide bonds. The molecule has 0 aromatic carbocycles. The van der Waals surface area contributed by atoms with Crippen molar-refractivity contribution in [3.8, 4) is 0 Å². The number of allylic oxidation sites excluding steroid dienone is 3. The number of rotatable bonds is 2. The predicted octanol–water partition coefficient (Wildman–Crippen LogP) is 4.21. The van der Waals surface area contributed by atoms with Crippen molar-refractivity contribution < 1.29 is 4.79 Å². The fraction of sp³-hybridized carbons (Fsp3) is 0.625. The lowest BCUT2D eigenvalue weighted by Gasteiger charge is -2.39. The van der Waals surface area contributed by atoms with Gasteiger partial charge in [0.25, 0.3) is 0 Å². The number of carbonyl (C=O) groups excluding carboxylic acids is 1. The van der Waals surface area contributed by atoms with Crippen LogP contribution < -0.4 is 0 Å². The van der Waals surface area contributed by atoms with Crippen molar-refractivity contribution in [2.75, 3.05) is 5.88 Å². The van der Waals surface area contributed by atoms with Crippen molar-refractivity contribution in [3.05, 3.63) is 23.9 Å². The zero-order valence-electron chi connectivity index (χ0n) is 13.6. The first-order chi connectivity index (χ1) is 9.79. The van der Waals surface area contributed by atoms with Gasteiger partial charge in [0.2, 0.25) is 0 Å². The number of thioether (sulfide) groups is 1. The van der Waals surface area contributed by atoms with Crippen molar-refractivity contribution in [3.63, 3.8) is 0 Å². The maximum atomic E-state index is 12.8. The van der Waals surface area contributed by atoms with Crippen LogP contribution in [-0.4, -0.2) is 38.5 Å². The summed E-state index contributed by atoms with van der Waals surface area (Å²) in [6, 6.07) is 0.131. The van der Waals surface area contributed by atoms with E-state index in [1.54, 1.807) is 11.8 Å². The molecule has 0 aromatic heterocycles. The van der Waals surface area contributed by atoms with Gasteiger partial charge in [0.15, 0.2) is 5.17 Å². The van der Waals surface area contributed by atoms with Crippen LogP contribution in [0.2, 0.25) is 0 Å². The maximum absolute atomic E-state index is 12.8. The summed E-state index contributed by atoms with van der Waals surface area (Å²) in [4.78, 5) is 21.2. The quantitative estimate of drug-likeness (QED) is 0.766. The highest BCUT2D eigenvalue weighted by Crippen LogP contribution is 2.29. The van der Waals surface area contributed by atoms with Gasteiger partial charge >= 0.3 is 6.03 Å². The van der Waals surface area contributed by atoms with Crippen LogP contribution in [0.5, 0.6) is 0 Å². The van der Waals surface area contributed by atoms with Gasteiger partial charge in [-0.2, -0.15) is 0 Å². The molecule has 1 aliphatic carbocycles. The Balaban J connectivity index is 2.27. The maximum Gasteiger partial charge on any atom is 0.331 e. The number of hydrogen-bond donors (Lipinski definition) is 0. The third kappa shape index (κ3) is 3.90. The Morgan fingerprint density at radius 2 is 2.00 bits per heavy atom. The predicted molar refractivity (Wildman–Crippen MR) is 90.3 cm³/mol. The Morgan fingerprint density at radius 1 is 1.29 bits per heavy atom. The topological polar surface area (TPSA) is 35.9 Å². The van der Waals surface area contributed by atoms with Gasteiger partial charge in [-0.3, -0.25) is 14.8 Å². The van der Waals surface area contributed by atoms with Crippen molar-refractivity contribution in [2.45, 2.75) is 59.0 Å². The van der Waals surface area contributed by atoms with Crippen molar-refractivity contribution in [1.82, 2.24) is 9.80 Å². The normalized spacial score (nSPS) is 22.3. The second-order valence-corrected chi connectivity index (χ2v) is 7.53. The monoisotopic (exact) mass is 307 g/mol. The first-order valence-electron chi connectivity index (χ1n) is 7.49. The van der Waals surface area contributed by atoms with Crippen LogP contribution in [0.4, 0.5) is 4.79 Å². The number of hydrogen-bond acceptors (Lipinski definition) is 3. The summed E-state index contributed by atoms with van der Waals surface area (Å²) in [5, 5.41) is 0.833. The Morgan fingerprint density at radius 3 is 2.52 bits per heavy atom. The third-order valence-electron chi connectivity index (χ3n) is 3.20. The van der Waals surface area contributed by atoms with Gasteiger partial charge in [-0.05, 0) is 53.5 Å². The molecule has 4 nitrogen and oxygen atoms in total. The summed E-state index contributed by atoms with van der Waals surface area (Å²) in [7, 11) is 0. The molecule has 0 radical (unpaired) electrons. The van der Waals surface area contributed by atoms with Gasteiger partial charge in [-0.1, -0.05) is 23.9 Å². The molecule has 1 aliphatic heterocycles. The standard InChI is InChI=1S/C16H25N3OS/c1-12(2)19-14(17-16(3,4)5)21-11-18(15(19)20)13-9-7-6-8-10-13/h7,9-10,12H,6,8,11H2,1-5H3. The van der Waals surface area contributed by atoms with E-state index in [2.05, 4.69) is 32.9 Å². The smallest absolute Gasteiger partial charge is 0.284 e. The Kier molecular flexibility index (Phi) is 4.81. The summed E-state index contributed by atoms with van der Waals surface area (Å²) in [5.41, 5.74) is 0.835. The second-order valence-electron chi connectivity index (χ2n) is 6.62. The largest absolute Gasteiger partial charge is 0.331 e. The van der Waals surface area contributed by atoms with E-state index < -0.39 is 0 Å². The van der Waals surface area contributed by atoms with E-state index in [0.29, 0.717) is 5.88 Å². The molecule has 0 aromatic rings. The zero-order valence-corrected chi connectivity index (χ0v) is 14.4. The van der Waals surface area contributed by atoms with Crippen LogP contribution in [0.1, 0.15) is 47.5 Å². The molecule has 0 saturated carbocycles. The SMILES string of the molecule is CC(C)N1C(=O)N(C2=CCCC=C2)CSC1=NC(C)(C)C. The molecule has 0 N–H and O–H groups in total. The average molecular weight is 307 g/mol. The lowest BCUT2D eigenvalue weighted by molar-refractivity contribution is 0.186. The molecule has 0 atom stereocenters. The van der Waals surface area contributed by atoms with Gasteiger partial charge in [0.05, 0.1) is 11.4 Å². The molecule has 1 fully saturated rings. The van der Waals surface area contributed by atoms with E-state index in [9.17, 15) is 4.79 Å². The summed E-state index contributed by atoms with van der Waals surface area (Å²) in [5.74, 6) is 0.632. The van der Waals surface area contributed by atoms with Gasteiger partial charge < -0.3 is 0 Å². The highest BCUT2D eigenvalue weighted by Gasteiger charge is 2.35. The lowest BCUT2D eigenvalue weighted by Crippen LogP contribution is -2.52. The minimum absolute atomic E-state index is 0.0320. The summed E-state index contributed by atoms with van der Waals surface area (Å²) < 4.78 is 0. The van der Waals surface area contributed by atoms with Gasteiger partial charge in [0.1, 0.15) is 0 Å². The first-order valence-corrected chi connectivity index (χ1v) is 8.48. The van der Waals surface area contributed by atoms with E-state index in [-0.39, 0.29) is 17.6 Å². The van der Waals surface area contributed by atoms with Crippen LogP contribution >= 0.6 is 11.8 Å². The fourth-order valence-corrected chi connectivity index (χ4v) is 3.53. The molecule has 0 bridgehead atoms. The van der Waals surface area contributed by atoms with Crippen molar-refractivity contribution >= 4 is 23.0 Å². The number of aliphatic imine (C=N–C) groups is 1. The summed E-state index contributed by atoms with van der Waals surface area (Å²) in [6.07, 6.45) is 8.38. The van der Waals surface area contributed by atoms with Crippen LogP contribution in [0.3, 0.4) is 0 Å². The number of nitrogens with zero attached hydrogens (tertiary/aromatic N) is 3. The second kappa shape index (κ2) is 6.26. The minimum Gasteiger partial charge on any atom is -0.284 e. The first kappa shape index (κ1) is 16.1. The number of urea groups is 1. The minimum atomic E-state index is -0.179. The molecule has 5 heteroatoms. The third-order valence-corrected chi connectivity index (χ3v) is 4.13. The molecule has 0 unspecified atom stereocenters. The molecule has 21 heavy (non-hydrogen) atoms. The van der Waals surface area contributed by atoms with Gasteiger partial charge in [-0.25, -0.2) is 4.79 Å². The van der Waals surface area contributed by atoms with Gasteiger partial charge in [-0.15, -0.1) is 0 Å². The van der Waals surface area contributed by atoms with Crippen molar-refractivity contribution in [1.29, 1.82) is 0 Å². The molecule has 1 heterocycles. The number of amides is 2. The van der Waals surface area contributed by atoms with E-state index in [4.69, 9.17) is 4.99 Å². The summed E-state index contributed by atoms with van der Waals surface area (Å²) in [6.45, 7) is 10.2. The van der Waals surface area contributed by atoms with Crippen molar-refractivity contribution in [2.24, 2.45) is 4.99 Å². The molecule has 116 valence electrons. The molecule has 1 saturated heterocycles. The molecule has 2 rings (SSSR count). The lowest BCUT2D eigenvalue weighted by atomic mass is 10.1. The van der Waals surface area contributed by atoms with Crippen LogP contribution in [0.15, 0.2) is 28.9 Å². The van der Waals surface area contributed by atoms with Crippen LogP contribution in [0.25, 0.3) is 0 Å². The number of amidine groups is 1. The van der Waals surface area contributed by atoms with E-state index >= 15 is 0 Å². The van der Waals surface area contributed by atoms with E-state index in [1.807, 2.05) is 29.7 Å². The Hall–Kier alpha value is -1.23. The molecular weight excluding hydrogens is 282 g/mol. The molecular formula is C16H25N3OS. The number of carbonyl (C=O) groups is 1. The fourth-order valence-electron chi connectivity index (χ4n) is 2.26. The summed E-state index contributed by atoms with van der Waals surface area (Å²) >= 11 is 1.64. The van der Waals surface area contributed by atoms with Crippen LogP contribution in [-0.2, 0) is 0 Å². The highest BCUT2D eigenvalue weighted by molar-refractivity contribution is 8.13. The van der Waals surface area contributed by atoms with E-state index in [0.717, 1.165) is 23.7 Å². The molecule has 2 aliphatic rings. The average Bonchev–Trinajstić information content (AvgIpc) is 2.37.